The van der Waals surface area contributed by atoms with Crippen molar-refractivity contribution < 1.29 is 9.53 Å². The number of halogens is 1. The van der Waals surface area contributed by atoms with E-state index in [1.807, 2.05) is 24.3 Å². The van der Waals surface area contributed by atoms with Crippen LogP contribution in [0.15, 0.2) is 36.7 Å². The molecule has 1 atom stereocenters. The normalized spacial score (nSPS) is 17.7. The van der Waals surface area contributed by atoms with Gasteiger partial charge in [0.1, 0.15) is 6.10 Å². The molecule has 0 unspecified atom stereocenters. The van der Waals surface area contributed by atoms with Crippen molar-refractivity contribution in [3.05, 3.63) is 47.2 Å². The molecule has 1 aliphatic heterocycles. The summed E-state index contributed by atoms with van der Waals surface area (Å²) in [7, 11) is 0. The number of amides is 2. The number of nitrogens with one attached hydrogen (secondary N) is 1. The molecule has 0 spiro atoms. The average Bonchev–Trinajstić information content (AvgIpc) is 3.13. The van der Waals surface area contributed by atoms with E-state index in [9.17, 15) is 4.79 Å². The Morgan fingerprint density at radius 3 is 2.96 bits per heavy atom. The Morgan fingerprint density at radius 1 is 1.38 bits per heavy atom. The summed E-state index contributed by atoms with van der Waals surface area (Å²) in [5.41, 5.74) is 1.03. The summed E-state index contributed by atoms with van der Waals surface area (Å²) in [6.45, 7) is 2.99. The molecule has 24 heavy (non-hydrogen) atoms. The number of hydrogen-bond acceptors (Lipinski definition) is 4. The van der Waals surface area contributed by atoms with Gasteiger partial charge in [-0.05, 0) is 24.1 Å². The zero-order valence-corrected chi connectivity index (χ0v) is 14.0. The zero-order valence-electron chi connectivity index (χ0n) is 13.3. The molecule has 3 rings (SSSR count). The molecule has 1 fully saturated rings. The third-order valence-electron chi connectivity index (χ3n) is 3.91. The molecule has 2 aromatic rings. The van der Waals surface area contributed by atoms with Crippen LogP contribution in [0.5, 0.6) is 0 Å². The lowest BCUT2D eigenvalue weighted by atomic mass is 10.1. The summed E-state index contributed by atoms with van der Waals surface area (Å²) in [5.74, 6) is 0. The number of rotatable bonds is 5. The van der Waals surface area contributed by atoms with E-state index in [-0.39, 0.29) is 12.1 Å². The van der Waals surface area contributed by atoms with Gasteiger partial charge < -0.3 is 15.0 Å². The second kappa shape index (κ2) is 8.12. The standard InChI is InChI=1S/C16H20ClN5O2/c17-14-4-2-13(3-5-14)15-12-21(10-11-24-15)16(23)18-6-1-8-22-9-7-19-20-22/h2-5,7,9,15H,1,6,8,10-12H2,(H,18,23)/t15-/m0/s1. The molecule has 0 radical (unpaired) electrons. The van der Waals surface area contributed by atoms with E-state index in [1.165, 1.54) is 0 Å². The molecule has 2 heterocycles. The van der Waals surface area contributed by atoms with Gasteiger partial charge in [-0.3, -0.25) is 4.68 Å². The van der Waals surface area contributed by atoms with Gasteiger partial charge in [0.05, 0.1) is 19.3 Å². The van der Waals surface area contributed by atoms with Crippen LogP contribution >= 0.6 is 11.6 Å². The van der Waals surface area contributed by atoms with Crippen molar-refractivity contribution in [2.24, 2.45) is 0 Å². The van der Waals surface area contributed by atoms with Gasteiger partial charge in [-0.1, -0.05) is 28.9 Å². The number of urea groups is 1. The second-order valence-corrected chi connectivity index (χ2v) is 6.05. The van der Waals surface area contributed by atoms with Crippen LogP contribution in [0.2, 0.25) is 5.02 Å². The molecule has 1 aliphatic rings. The Labute approximate surface area is 145 Å². The third kappa shape index (κ3) is 4.46. The molecule has 1 N–H and O–H groups in total. The van der Waals surface area contributed by atoms with Crippen LogP contribution in [-0.2, 0) is 11.3 Å². The minimum absolute atomic E-state index is 0.0594. The monoisotopic (exact) mass is 349 g/mol. The van der Waals surface area contributed by atoms with Crippen molar-refractivity contribution in [3.63, 3.8) is 0 Å². The van der Waals surface area contributed by atoms with Crippen LogP contribution in [0.1, 0.15) is 18.1 Å². The third-order valence-corrected chi connectivity index (χ3v) is 4.16. The number of aryl methyl sites for hydroxylation is 1. The van der Waals surface area contributed by atoms with Crippen LogP contribution in [0, 0.1) is 0 Å². The van der Waals surface area contributed by atoms with Gasteiger partial charge in [-0.25, -0.2) is 4.79 Å². The van der Waals surface area contributed by atoms with E-state index >= 15 is 0 Å². The minimum Gasteiger partial charge on any atom is -0.370 e. The Kier molecular flexibility index (Phi) is 5.66. The minimum atomic E-state index is -0.114. The highest BCUT2D eigenvalue weighted by atomic mass is 35.5. The maximum absolute atomic E-state index is 12.3. The highest BCUT2D eigenvalue weighted by Crippen LogP contribution is 2.23. The number of carbonyl (C=O) groups is 1. The highest BCUT2D eigenvalue weighted by Gasteiger charge is 2.25. The van der Waals surface area contributed by atoms with Gasteiger partial charge in [0.25, 0.3) is 0 Å². The first-order valence-corrected chi connectivity index (χ1v) is 8.34. The molecule has 7 nitrogen and oxygen atoms in total. The summed E-state index contributed by atoms with van der Waals surface area (Å²) < 4.78 is 7.52. The SMILES string of the molecule is O=C(NCCCn1ccnn1)N1CCO[C@H](c2ccc(Cl)cc2)C1. The average molecular weight is 350 g/mol. The van der Waals surface area contributed by atoms with Gasteiger partial charge in [-0.2, -0.15) is 0 Å². The molecular formula is C16H20ClN5O2. The van der Waals surface area contributed by atoms with Gasteiger partial charge in [0.15, 0.2) is 0 Å². The number of ether oxygens (including phenoxy) is 1. The molecule has 0 saturated carbocycles. The molecule has 1 saturated heterocycles. The number of nitrogens with zero attached hydrogens (tertiary/aromatic N) is 4. The van der Waals surface area contributed by atoms with Crippen molar-refractivity contribution in [1.29, 1.82) is 0 Å². The summed E-state index contributed by atoms with van der Waals surface area (Å²) in [6, 6.07) is 7.49. The number of benzene rings is 1. The lowest BCUT2D eigenvalue weighted by molar-refractivity contribution is -0.0154. The molecule has 0 aliphatic carbocycles. The predicted octanol–water partition coefficient (Wildman–Crippen LogP) is 2.10. The molecular weight excluding hydrogens is 330 g/mol. The first-order chi connectivity index (χ1) is 11.7. The molecule has 128 valence electrons. The van der Waals surface area contributed by atoms with E-state index < -0.39 is 0 Å². The van der Waals surface area contributed by atoms with Crippen molar-refractivity contribution in [2.45, 2.75) is 19.1 Å². The van der Waals surface area contributed by atoms with Gasteiger partial charge in [0, 0.05) is 30.9 Å². The van der Waals surface area contributed by atoms with Gasteiger partial charge in [0.2, 0.25) is 0 Å². The first kappa shape index (κ1) is 16.7. The largest absolute Gasteiger partial charge is 0.370 e. The van der Waals surface area contributed by atoms with E-state index in [1.54, 1.807) is 22.0 Å². The summed E-state index contributed by atoms with van der Waals surface area (Å²) in [4.78, 5) is 14.1. The van der Waals surface area contributed by atoms with Crippen molar-refractivity contribution in [1.82, 2.24) is 25.2 Å². The predicted molar refractivity (Wildman–Crippen MR) is 89.8 cm³/mol. The van der Waals surface area contributed by atoms with E-state index in [0.29, 0.717) is 31.3 Å². The summed E-state index contributed by atoms with van der Waals surface area (Å²) in [5, 5.41) is 11.3. The van der Waals surface area contributed by atoms with Crippen LogP contribution in [0.3, 0.4) is 0 Å². The van der Waals surface area contributed by atoms with Crippen LogP contribution in [0.25, 0.3) is 0 Å². The van der Waals surface area contributed by atoms with Crippen LogP contribution < -0.4 is 5.32 Å². The fourth-order valence-electron chi connectivity index (χ4n) is 2.61. The number of hydrogen-bond donors (Lipinski definition) is 1. The lowest BCUT2D eigenvalue weighted by Crippen LogP contribution is -2.47. The van der Waals surface area contributed by atoms with E-state index in [0.717, 1.165) is 18.5 Å². The molecule has 2 amide bonds. The Hall–Kier alpha value is -2.12. The zero-order chi connectivity index (χ0) is 16.8. The van der Waals surface area contributed by atoms with Crippen LogP contribution in [0.4, 0.5) is 4.79 Å². The molecule has 0 bridgehead atoms. The Balaban J connectivity index is 1.45. The maximum Gasteiger partial charge on any atom is 0.317 e. The number of carbonyl (C=O) groups excluding carboxylic acids is 1. The smallest absolute Gasteiger partial charge is 0.317 e. The fraction of sp³-hybridized carbons (Fsp3) is 0.438. The van der Waals surface area contributed by atoms with Crippen molar-refractivity contribution in [2.75, 3.05) is 26.2 Å². The quantitative estimate of drug-likeness (QED) is 0.839. The second-order valence-electron chi connectivity index (χ2n) is 5.61. The van der Waals surface area contributed by atoms with Crippen LogP contribution in [-0.4, -0.2) is 52.2 Å². The molecule has 1 aromatic heterocycles. The van der Waals surface area contributed by atoms with Gasteiger partial charge in [-0.15, -0.1) is 5.10 Å². The number of morpholine rings is 1. The van der Waals surface area contributed by atoms with Crippen molar-refractivity contribution >= 4 is 17.6 Å². The molecule has 8 heteroatoms. The fourth-order valence-corrected chi connectivity index (χ4v) is 2.74. The maximum atomic E-state index is 12.3. The van der Waals surface area contributed by atoms with E-state index in [2.05, 4.69) is 15.6 Å². The Bertz CT molecular complexity index is 647. The number of aromatic nitrogens is 3. The lowest BCUT2D eigenvalue weighted by Gasteiger charge is -2.33. The highest BCUT2D eigenvalue weighted by molar-refractivity contribution is 6.30. The molecule has 1 aromatic carbocycles. The topological polar surface area (TPSA) is 72.3 Å². The van der Waals surface area contributed by atoms with Gasteiger partial charge >= 0.3 is 6.03 Å². The Morgan fingerprint density at radius 2 is 2.21 bits per heavy atom. The first-order valence-electron chi connectivity index (χ1n) is 7.96. The van der Waals surface area contributed by atoms with Crippen molar-refractivity contribution in [3.8, 4) is 0 Å². The van der Waals surface area contributed by atoms with E-state index in [4.69, 9.17) is 16.3 Å². The summed E-state index contributed by atoms with van der Waals surface area (Å²) >= 11 is 5.91. The summed E-state index contributed by atoms with van der Waals surface area (Å²) in [6.07, 6.45) is 4.14.